The molecule has 1 aromatic heterocycles. The van der Waals surface area contributed by atoms with Crippen LogP contribution in [0.5, 0.6) is 5.75 Å². The molecule has 56 heavy (non-hydrogen) atoms. The molecule has 1 aliphatic heterocycles. The van der Waals surface area contributed by atoms with Crippen LogP contribution in [0.2, 0.25) is 0 Å². The molecule has 0 saturated carbocycles. The van der Waals surface area contributed by atoms with E-state index in [2.05, 4.69) is 10.3 Å². The minimum atomic E-state index is -1.41. The largest absolute Gasteiger partial charge is 0.497 e. The van der Waals surface area contributed by atoms with Crippen molar-refractivity contribution in [2.75, 3.05) is 19.0 Å². The van der Waals surface area contributed by atoms with Crippen molar-refractivity contribution < 1.29 is 48.0 Å². The number of carboxylic acid groups (broad SMARTS) is 1. The smallest absolute Gasteiger partial charge is 0.351 e. The predicted octanol–water partition coefficient (Wildman–Crippen LogP) is 5.12. The summed E-state index contributed by atoms with van der Waals surface area (Å²) < 4.78 is 31.4. The zero-order valence-electron chi connectivity index (χ0n) is 30.5. The lowest BCUT2D eigenvalue weighted by molar-refractivity contribution is -0.168. The fraction of sp³-hybridized carbons (Fsp3) is 0.238. The van der Waals surface area contributed by atoms with Gasteiger partial charge >= 0.3 is 23.6 Å². The topological polar surface area (TPSA) is 182 Å². The number of hydrogen-bond acceptors (Lipinski definition) is 11. The zero-order valence-corrected chi connectivity index (χ0v) is 30.5. The maximum Gasteiger partial charge on any atom is 0.351 e. The molecule has 0 radical (unpaired) electrons. The Bertz CT molecular complexity index is 2160. The monoisotopic (exact) mass is 761 g/mol. The van der Waals surface area contributed by atoms with Gasteiger partial charge in [-0.15, -0.1) is 0 Å². The molecule has 6 rings (SSSR count). The molecule has 0 unspecified atom stereocenters. The van der Waals surface area contributed by atoms with E-state index in [0.29, 0.717) is 16.9 Å². The van der Waals surface area contributed by atoms with E-state index in [4.69, 9.17) is 23.7 Å². The number of methoxy groups -OCH3 is 1. The van der Waals surface area contributed by atoms with Gasteiger partial charge in [-0.2, -0.15) is 4.98 Å². The first kappa shape index (κ1) is 39.1. The number of anilines is 1. The first-order valence-corrected chi connectivity index (χ1v) is 17.7. The molecule has 1 aliphatic rings. The van der Waals surface area contributed by atoms with Gasteiger partial charge in [0, 0.05) is 18.7 Å². The molecule has 288 valence electrons. The third-order valence-electron chi connectivity index (χ3n) is 9.10. The van der Waals surface area contributed by atoms with Crippen LogP contribution in [-0.2, 0) is 38.9 Å². The van der Waals surface area contributed by atoms with Crippen LogP contribution in [0, 0.1) is 0 Å². The molecule has 4 aromatic carbocycles. The SMILES string of the molecule is COc1ccc(C(OC[C@H]2O[C@@H](n3ccc(NC(=O)c4ccccc4)nc3=O)[C@H](OC(C)=O)[C@@H]2OC(=O)CCC(=O)O)(c2ccccc2)c2ccccc2)cc1. The Kier molecular flexibility index (Phi) is 12.3. The van der Waals surface area contributed by atoms with Crippen LogP contribution >= 0.6 is 0 Å². The lowest BCUT2D eigenvalue weighted by atomic mass is 9.80. The van der Waals surface area contributed by atoms with E-state index < -0.39 is 72.5 Å². The van der Waals surface area contributed by atoms with Gasteiger partial charge in [0.05, 0.1) is 26.6 Å². The first-order chi connectivity index (χ1) is 27.1. The van der Waals surface area contributed by atoms with Crippen molar-refractivity contribution >= 4 is 29.6 Å². The average molecular weight is 762 g/mol. The van der Waals surface area contributed by atoms with Gasteiger partial charge in [0.2, 0.25) is 0 Å². The van der Waals surface area contributed by atoms with Gasteiger partial charge in [-0.25, -0.2) is 4.79 Å². The normalized spacial score (nSPS) is 17.8. The van der Waals surface area contributed by atoms with E-state index in [-0.39, 0.29) is 12.4 Å². The minimum absolute atomic E-state index is 0.0475. The molecular weight excluding hydrogens is 722 g/mol. The molecule has 14 heteroatoms. The van der Waals surface area contributed by atoms with Crippen LogP contribution in [0.1, 0.15) is 53.0 Å². The Balaban J connectivity index is 1.39. The number of nitrogens with zero attached hydrogens (tertiary/aromatic N) is 2. The van der Waals surface area contributed by atoms with Crippen LogP contribution in [-0.4, -0.2) is 70.5 Å². The average Bonchev–Trinajstić information content (AvgIpc) is 3.53. The number of esters is 2. The summed E-state index contributed by atoms with van der Waals surface area (Å²) in [5.74, 6) is -2.81. The third kappa shape index (κ3) is 8.83. The van der Waals surface area contributed by atoms with Gasteiger partial charge in [0.15, 0.2) is 18.4 Å². The van der Waals surface area contributed by atoms with Crippen LogP contribution in [0.3, 0.4) is 0 Å². The fourth-order valence-electron chi connectivity index (χ4n) is 6.53. The number of aliphatic carboxylic acids is 1. The number of carboxylic acids is 1. The van der Waals surface area contributed by atoms with E-state index in [1.165, 1.54) is 12.3 Å². The maximum atomic E-state index is 13.6. The van der Waals surface area contributed by atoms with Crippen molar-refractivity contribution in [1.29, 1.82) is 0 Å². The van der Waals surface area contributed by atoms with Crippen LogP contribution in [0.15, 0.2) is 132 Å². The number of hydrogen-bond donors (Lipinski definition) is 2. The zero-order chi connectivity index (χ0) is 39.7. The Hall–Kier alpha value is -6.64. The maximum absolute atomic E-state index is 13.6. The van der Waals surface area contributed by atoms with Gasteiger partial charge in [0.25, 0.3) is 5.91 Å². The number of aromatic nitrogens is 2. The van der Waals surface area contributed by atoms with Gasteiger partial charge in [-0.1, -0.05) is 91.0 Å². The number of ether oxygens (including phenoxy) is 5. The Morgan fingerprint density at radius 2 is 1.38 bits per heavy atom. The van der Waals surface area contributed by atoms with Gasteiger partial charge in [-0.3, -0.25) is 23.7 Å². The van der Waals surface area contributed by atoms with Crippen LogP contribution in [0.4, 0.5) is 5.82 Å². The summed E-state index contributed by atoms with van der Waals surface area (Å²) in [6.45, 7) is 0.849. The number of amides is 1. The number of benzene rings is 4. The molecule has 14 nitrogen and oxygen atoms in total. The van der Waals surface area contributed by atoms with Crippen LogP contribution < -0.4 is 15.7 Å². The molecule has 4 atom stereocenters. The van der Waals surface area contributed by atoms with Gasteiger partial charge < -0.3 is 34.1 Å². The highest BCUT2D eigenvalue weighted by molar-refractivity contribution is 6.03. The Morgan fingerprint density at radius 1 is 0.786 bits per heavy atom. The highest BCUT2D eigenvalue weighted by atomic mass is 16.7. The summed E-state index contributed by atoms with van der Waals surface area (Å²) in [5, 5.41) is 11.8. The summed E-state index contributed by atoms with van der Waals surface area (Å²) in [4.78, 5) is 67.4. The van der Waals surface area contributed by atoms with Crippen molar-refractivity contribution in [2.24, 2.45) is 0 Å². The minimum Gasteiger partial charge on any atom is -0.497 e. The molecule has 1 fully saturated rings. The summed E-state index contributed by atoms with van der Waals surface area (Å²) in [6.07, 6.45) is -5.08. The fourth-order valence-corrected chi connectivity index (χ4v) is 6.53. The molecule has 1 amide bonds. The van der Waals surface area contributed by atoms with E-state index in [0.717, 1.165) is 22.6 Å². The molecule has 2 heterocycles. The highest BCUT2D eigenvalue weighted by Gasteiger charge is 2.52. The summed E-state index contributed by atoms with van der Waals surface area (Å²) in [6, 6.07) is 35.9. The standard InChI is InChI=1S/C42H39N3O11/c1-27(46)54-38-37(56-36(49)23-22-35(47)48)33(55-40(38)45-25-24-34(44-41(45)51)43-39(50)28-12-6-3-7-13-28)26-53-42(29-14-8-4-9-15-29,30-16-10-5-11-17-30)31-18-20-32(52-2)21-19-31/h3-21,24-25,33,37-38,40H,22-23,26H2,1-2H3,(H,47,48)(H,43,44,50,51)/t33-,37-,38-,40-/m1/s1. The lowest BCUT2D eigenvalue weighted by Gasteiger charge is -2.37. The molecular formula is C42H39N3O11. The van der Waals surface area contributed by atoms with E-state index in [1.54, 1.807) is 49.6 Å². The Morgan fingerprint density at radius 3 is 1.93 bits per heavy atom. The van der Waals surface area contributed by atoms with Crippen molar-refractivity contribution in [3.8, 4) is 5.75 Å². The van der Waals surface area contributed by atoms with E-state index >= 15 is 0 Å². The number of carbonyl (C=O) groups excluding carboxylic acids is 3. The molecule has 1 saturated heterocycles. The van der Waals surface area contributed by atoms with Crippen molar-refractivity contribution in [1.82, 2.24) is 9.55 Å². The molecule has 2 N–H and O–H groups in total. The molecule has 5 aromatic rings. The second-order valence-corrected chi connectivity index (χ2v) is 12.8. The molecule has 0 aliphatic carbocycles. The van der Waals surface area contributed by atoms with Crippen molar-refractivity contribution in [3.05, 3.63) is 160 Å². The quantitative estimate of drug-likeness (QED) is 0.106. The second-order valence-electron chi connectivity index (χ2n) is 12.8. The molecule has 0 bridgehead atoms. The third-order valence-corrected chi connectivity index (χ3v) is 9.10. The number of nitrogens with one attached hydrogen (secondary N) is 1. The highest BCUT2D eigenvalue weighted by Crippen LogP contribution is 2.43. The summed E-state index contributed by atoms with van der Waals surface area (Å²) >= 11 is 0. The predicted molar refractivity (Wildman–Crippen MR) is 201 cm³/mol. The second kappa shape index (κ2) is 17.7. The lowest BCUT2D eigenvalue weighted by Crippen LogP contribution is -2.43. The van der Waals surface area contributed by atoms with E-state index in [9.17, 15) is 29.1 Å². The molecule has 0 spiro atoms. The summed E-state index contributed by atoms with van der Waals surface area (Å²) in [5.41, 5.74) is 0.376. The number of rotatable bonds is 15. The van der Waals surface area contributed by atoms with Gasteiger partial charge in [0.1, 0.15) is 23.3 Å². The van der Waals surface area contributed by atoms with Gasteiger partial charge in [-0.05, 0) is 47.0 Å². The van der Waals surface area contributed by atoms with E-state index in [1.807, 2.05) is 72.8 Å². The first-order valence-electron chi connectivity index (χ1n) is 17.7. The van der Waals surface area contributed by atoms with Crippen molar-refractivity contribution in [3.63, 3.8) is 0 Å². The van der Waals surface area contributed by atoms with Crippen LogP contribution in [0.25, 0.3) is 0 Å². The summed E-state index contributed by atoms with van der Waals surface area (Å²) in [7, 11) is 1.56. The van der Waals surface area contributed by atoms with Crippen molar-refractivity contribution in [2.45, 2.75) is 49.9 Å². The number of carbonyl (C=O) groups is 4. The Labute approximate surface area is 321 Å².